The predicted octanol–water partition coefficient (Wildman–Crippen LogP) is 2.31. The average Bonchev–Trinajstić information content (AvgIpc) is 2.84. The van der Waals surface area contributed by atoms with Crippen LogP contribution in [0.1, 0.15) is 31.1 Å². The van der Waals surface area contributed by atoms with Crippen LogP contribution in [0.2, 0.25) is 0 Å². The van der Waals surface area contributed by atoms with Crippen LogP contribution in [0.3, 0.4) is 0 Å². The Morgan fingerprint density at radius 3 is 2.63 bits per heavy atom. The van der Waals surface area contributed by atoms with E-state index in [1.807, 2.05) is 24.3 Å². The molecule has 0 bridgehead atoms. The van der Waals surface area contributed by atoms with Crippen molar-refractivity contribution in [3.63, 3.8) is 0 Å². The van der Waals surface area contributed by atoms with E-state index in [4.69, 9.17) is 15.0 Å². The predicted molar refractivity (Wildman–Crippen MR) is 71.5 cm³/mol. The second-order valence-corrected chi connectivity index (χ2v) is 4.84. The Morgan fingerprint density at radius 1 is 1.26 bits per heavy atom. The van der Waals surface area contributed by atoms with Gasteiger partial charge in [-0.1, -0.05) is 31.1 Å². The van der Waals surface area contributed by atoms with Crippen LogP contribution in [0.25, 0.3) is 0 Å². The van der Waals surface area contributed by atoms with Crippen molar-refractivity contribution in [2.24, 2.45) is 11.7 Å². The van der Waals surface area contributed by atoms with Crippen LogP contribution in [0.4, 0.5) is 0 Å². The molecule has 0 amide bonds. The van der Waals surface area contributed by atoms with E-state index >= 15 is 0 Å². The SMILES string of the molecule is CC(C)Cc1nc(COc2ccc(CN)cc2)no1. The zero-order valence-electron chi connectivity index (χ0n) is 11.3. The molecule has 0 fully saturated rings. The number of hydrogen-bond acceptors (Lipinski definition) is 5. The van der Waals surface area contributed by atoms with Crippen LogP contribution >= 0.6 is 0 Å². The van der Waals surface area contributed by atoms with Gasteiger partial charge in [-0.05, 0) is 23.6 Å². The first-order valence-corrected chi connectivity index (χ1v) is 6.40. The lowest BCUT2D eigenvalue weighted by Crippen LogP contribution is -2.00. The van der Waals surface area contributed by atoms with Gasteiger partial charge >= 0.3 is 0 Å². The number of nitrogens with two attached hydrogens (primary N) is 1. The lowest BCUT2D eigenvalue weighted by atomic mass is 10.1. The molecular weight excluding hydrogens is 242 g/mol. The quantitative estimate of drug-likeness (QED) is 0.863. The van der Waals surface area contributed by atoms with Crippen LogP contribution in [0.5, 0.6) is 5.75 Å². The first-order valence-electron chi connectivity index (χ1n) is 6.40. The third-order valence-electron chi connectivity index (χ3n) is 2.62. The van der Waals surface area contributed by atoms with Gasteiger partial charge in [0, 0.05) is 13.0 Å². The van der Waals surface area contributed by atoms with Gasteiger partial charge in [0.15, 0.2) is 6.61 Å². The van der Waals surface area contributed by atoms with Crippen LogP contribution in [0.15, 0.2) is 28.8 Å². The Bertz CT molecular complexity index is 506. The van der Waals surface area contributed by atoms with E-state index in [-0.39, 0.29) is 0 Å². The van der Waals surface area contributed by atoms with Gasteiger partial charge in [-0.3, -0.25) is 0 Å². The zero-order chi connectivity index (χ0) is 13.7. The van der Waals surface area contributed by atoms with Crippen LogP contribution in [-0.4, -0.2) is 10.1 Å². The molecule has 2 N–H and O–H groups in total. The smallest absolute Gasteiger partial charge is 0.227 e. The monoisotopic (exact) mass is 261 g/mol. The van der Waals surface area contributed by atoms with Crippen molar-refractivity contribution in [3.8, 4) is 5.75 Å². The van der Waals surface area contributed by atoms with Gasteiger partial charge in [-0.25, -0.2) is 0 Å². The molecule has 2 rings (SSSR count). The molecule has 0 aliphatic rings. The van der Waals surface area contributed by atoms with Gasteiger partial charge in [0.2, 0.25) is 11.7 Å². The molecule has 0 unspecified atom stereocenters. The summed E-state index contributed by atoms with van der Waals surface area (Å²) in [4.78, 5) is 4.28. The zero-order valence-corrected chi connectivity index (χ0v) is 11.3. The molecule has 0 radical (unpaired) electrons. The Hall–Kier alpha value is -1.88. The minimum absolute atomic E-state index is 0.309. The number of rotatable bonds is 6. The summed E-state index contributed by atoms with van der Waals surface area (Å²) < 4.78 is 10.7. The fourth-order valence-electron chi connectivity index (χ4n) is 1.65. The van der Waals surface area contributed by atoms with Crippen LogP contribution in [0, 0.1) is 5.92 Å². The molecular formula is C14H19N3O2. The van der Waals surface area contributed by atoms with E-state index in [1.165, 1.54) is 0 Å². The highest BCUT2D eigenvalue weighted by Crippen LogP contribution is 2.13. The maximum absolute atomic E-state index is 5.58. The van der Waals surface area contributed by atoms with Crippen molar-refractivity contribution >= 4 is 0 Å². The van der Waals surface area contributed by atoms with E-state index in [9.17, 15) is 0 Å². The standard InChI is InChI=1S/C14H19N3O2/c1-10(2)7-14-16-13(17-19-14)9-18-12-5-3-11(8-15)4-6-12/h3-6,10H,7-9,15H2,1-2H3. The van der Waals surface area contributed by atoms with Gasteiger partial charge in [0.25, 0.3) is 0 Å². The highest BCUT2D eigenvalue weighted by atomic mass is 16.5. The maximum Gasteiger partial charge on any atom is 0.227 e. The Balaban J connectivity index is 1.89. The highest BCUT2D eigenvalue weighted by Gasteiger charge is 2.08. The van der Waals surface area contributed by atoms with Gasteiger partial charge in [0.1, 0.15) is 5.75 Å². The van der Waals surface area contributed by atoms with Crippen molar-refractivity contribution < 1.29 is 9.26 Å². The molecule has 19 heavy (non-hydrogen) atoms. The van der Waals surface area contributed by atoms with E-state index < -0.39 is 0 Å². The molecule has 5 nitrogen and oxygen atoms in total. The van der Waals surface area contributed by atoms with Crippen molar-refractivity contribution in [1.29, 1.82) is 0 Å². The maximum atomic E-state index is 5.58. The highest BCUT2D eigenvalue weighted by molar-refractivity contribution is 5.27. The lowest BCUT2D eigenvalue weighted by molar-refractivity contribution is 0.284. The molecule has 1 aromatic carbocycles. The molecule has 5 heteroatoms. The third kappa shape index (κ3) is 4.06. The molecule has 0 saturated heterocycles. The molecule has 0 aliphatic heterocycles. The fraction of sp³-hybridized carbons (Fsp3) is 0.429. The first-order chi connectivity index (χ1) is 9.17. The second kappa shape index (κ2) is 6.33. The first kappa shape index (κ1) is 13.5. The van der Waals surface area contributed by atoms with Gasteiger partial charge in [-0.2, -0.15) is 4.98 Å². The van der Waals surface area contributed by atoms with E-state index in [0.717, 1.165) is 17.7 Å². The van der Waals surface area contributed by atoms with Gasteiger partial charge in [-0.15, -0.1) is 0 Å². The second-order valence-electron chi connectivity index (χ2n) is 4.84. The molecule has 1 aromatic heterocycles. The molecule has 2 aromatic rings. The van der Waals surface area contributed by atoms with Crippen molar-refractivity contribution in [1.82, 2.24) is 10.1 Å². The molecule has 0 spiro atoms. The summed E-state index contributed by atoms with van der Waals surface area (Å²) in [6.45, 7) is 5.06. The molecule has 0 aliphatic carbocycles. The summed E-state index contributed by atoms with van der Waals surface area (Å²) in [7, 11) is 0. The molecule has 0 saturated carbocycles. The minimum atomic E-state index is 0.309. The number of benzene rings is 1. The van der Waals surface area contributed by atoms with Crippen molar-refractivity contribution in [3.05, 3.63) is 41.5 Å². The van der Waals surface area contributed by atoms with Crippen molar-refractivity contribution in [2.45, 2.75) is 33.4 Å². The van der Waals surface area contributed by atoms with Crippen LogP contribution in [-0.2, 0) is 19.6 Å². The van der Waals surface area contributed by atoms with Gasteiger partial charge < -0.3 is 15.0 Å². The Kier molecular flexibility index (Phi) is 4.52. The van der Waals surface area contributed by atoms with Crippen LogP contribution < -0.4 is 10.5 Å². The lowest BCUT2D eigenvalue weighted by Gasteiger charge is -2.03. The molecule has 102 valence electrons. The normalized spacial score (nSPS) is 10.9. The average molecular weight is 261 g/mol. The molecule has 1 heterocycles. The summed E-state index contributed by atoms with van der Waals surface area (Å²) in [6, 6.07) is 7.65. The Morgan fingerprint density at radius 2 is 2.00 bits per heavy atom. The number of hydrogen-bond donors (Lipinski definition) is 1. The summed E-state index contributed by atoms with van der Waals surface area (Å²) in [6.07, 6.45) is 0.790. The van der Waals surface area contributed by atoms with Crippen molar-refractivity contribution in [2.75, 3.05) is 0 Å². The van der Waals surface area contributed by atoms with E-state index in [1.54, 1.807) is 0 Å². The summed E-state index contributed by atoms with van der Waals surface area (Å²) in [5.41, 5.74) is 6.61. The Labute approximate surface area is 112 Å². The summed E-state index contributed by atoms with van der Waals surface area (Å²) >= 11 is 0. The van der Waals surface area contributed by atoms with Gasteiger partial charge in [0.05, 0.1) is 0 Å². The van der Waals surface area contributed by atoms with E-state index in [0.29, 0.717) is 30.8 Å². The number of aromatic nitrogens is 2. The summed E-state index contributed by atoms with van der Waals surface area (Å²) in [5, 5.41) is 3.89. The molecule has 0 atom stereocenters. The number of nitrogens with zero attached hydrogens (tertiary/aromatic N) is 2. The third-order valence-corrected chi connectivity index (χ3v) is 2.62. The van der Waals surface area contributed by atoms with E-state index in [2.05, 4.69) is 24.0 Å². The topological polar surface area (TPSA) is 74.2 Å². The fourth-order valence-corrected chi connectivity index (χ4v) is 1.65. The largest absolute Gasteiger partial charge is 0.485 e. The summed E-state index contributed by atoms with van der Waals surface area (Å²) in [5.74, 6) is 2.50. The number of ether oxygens (including phenoxy) is 1. The minimum Gasteiger partial charge on any atom is -0.485 e.